The predicted octanol–water partition coefficient (Wildman–Crippen LogP) is 5.72. The van der Waals surface area contributed by atoms with Gasteiger partial charge in [0.25, 0.3) is 5.56 Å². The number of hydrogen-bond acceptors (Lipinski definition) is 6. The molecule has 0 saturated carbocycles. The van der Waals surface area contributed by atoms with Crippen LogP contribution in [0, 0.1) is 56.2 Å². The van der Waals surface area contributed by atoms with Crippen LogP contribution in [-0.4, -0.2) is 27.7 Å². The van der Waals surface area contributed by atoms with Gasteiger partial charge in [0.15, 0.2) is 0 Å². The Morgan fingerprint density at radius 1 is 0.700 bits per heavy atom. The van der Waals surface area contributed by atoms with Crippen molar-refractivity contribution < 1.29 is 98.0 Å². The summed E-state index contributed by atoms with van der Waals surface area (Å²) in [6.07, 6.45) is -0.565. The van der Waals surface area contributed by atoms with Crippen LogP contribution in [-0.2, 0) is 74.9 Å². The van der Waals surface area contributed by atoms with Gasteiger partial charge in [-0.25, -0.2) is 27.5 Å². The fourth-order valence-electron chi connectivity index (χ4n) is 5.34. The molecule has 2 heterocycles. The summed E-state index contributed by atoms with van der Waals surface area (Å²) in [7, 11) is 0. The summed E-state index contributed by atoms with van der Waals surface area (Å²) in [6.45, 7) is 6.54. The van der Waals surface area contributed by atoms with Gasteiger partial charge in [-0.2, -0.15) is 65.8 Å². The molecule has 0 bridgehead atoms. The van der Waals surface area contributed by atoms with E-state index >= 15 is 0 Å². The molecular weight excluding hydrogens is 806 g/mol. The minimum absolute atomic E-state index is 0. The van der Waals surface area contributed by atoms with E-state index in [4.69, 9.17) is 4.74 Å². The first-order valence-electron chi connectivity index (χ1n) is 14.2. The van der Waals surface area contributed by atoms with E-state index in [-0.39, 0.29) is 93.2 Å². The van der Waals surface area contributed by atoms with Crippen LogP contribution in [0.1, 0.15) is 34.9 Å². The van der Waals surface area contributed by atoms with Crippen molar-refractivity contribution >= 4 is 17.1 Å². The van der Waals surface area contributed by atoms with Gasteiger partial charge in [0, 0.05) is 65.4 Å². The number of nitrogens with two attached hydrogens (primary N) is 2. The third-order valence-electron chi connectivity index (χ3n) is 7.24. The number of rotatable bonds is 4. The minimum atomic E-state index is -0.776. The van der Waals surface area contributed by atoms with Crippen LogP contribution in [0.25, 0.3) is 33.4 Å². The van der Waals surface area contributed by atoms with Gasteiger partial charge in [-0.1, -0.05) is 0 Å². The molecule has 0 fully saturated rings. The Hall–Kier alpha value is -3.22. The molecule has 8 nitrogen and oxygen atoms in total. The maximum absolute atomic E-state index is 14.4. The number of carbonyl (C=O) groups is 1. The van der Waals surface area contributed by atoms with E-state index in [1.807, 2.05) is 0 Å². The number of halogens is 4. The van der Waals surface area contributed by atoms with Gasteiger partial charge >= 0.3 is 5.97 Å². The number of esters is 1. The summed E-state index contributed by atoms with van der Waals surface area (Å²) < 4.78 is 62.5. The Morgan fingerprint density at radius 2 is 1.12 bits per heavy atom. The van der Waals surface area contributed by atoms with Gasteiger partial charge in [-0.3, -0.25) is 16.5 Å². The Morgan fingerprint density at radius 3 is 1.58 bits per heavy atom. The molecule has 0 amide bonds. The van der Waals surface area contributed by atoms with Crippen LogP contribution in [0.15, 0.2) is 77.6 Å². The van der Waals surface area contributed by atoms with E-state index in [9.17, 15) is 27.2 Å². The number of aryl methyl sites for hydroxylation is 3. The molecule has 2 radical (unpaired) electrons. The van der Waals surface area contributed by atoms with Crippen LogP contribution in [0.2, 0.25) is 0 Å². The Balaban J connectivity index is 0.000000451. The summed E-state index contributed by atoms with van der Waals surface area (Å²) in [6, 6.07) is 24.2. The molecular formula is C36H32F4N4O4Y2-2. The number of aromatic amines is 1. The number of H-pyrrole nitrogens is 1. The topological polar surface area (TPSA) is 156 Å². The second kappa shape index (κ2) is 20.0. The molecule has 0 spiro atoms. The number of nitrogens with zero attached hydrogens (tertiary/aromatic N) is 1. The number of hydrogen-bond donors (Lipinski definition) is 3. The molecule has 14 heteroatoms. The Labute approximate surface area is 336 Å². The normalized spacial score (nSPS) is 12.9. The fraction of sp³-hybridized carbons (Fsp3) is 0.139. The number of aromatic nitrogens is 2. The van der Waals surface area contributed by atoms with Crippen molar-refractivity contribution in [3.63, 3.8) is 0 Å². The standard InChI is InChI=1S/C18H13F2N2O.C18H13F2O2.H4N2.H2O.2Y/c1-10-8-13(19)16(14(20)9-10)17-15(11(2)21-22-18(17)23)12-6-4-3-5-7-12;1-10-8-13(19)16(14(20)9-10)17-15(11(2)22-18(17)21)12-6-4-3-5-7-12;1-2;;;/h4-9H,1-2H3,(H,22,23);4-9,11H,1-2H3;1-2H2;1H2;;/q2*-1;;;;. The fourth-order valence-corrected chi connectivity index (χ4v) is 5.34. The molecule has 4 aromatic carbocycles. The second-order valence-electron chi connectivity index (χ2n) is 10.5. The van der Waals surface area contributed by atoms with E-state index in [1.165, 1.54) is 24.3 Å². The average molecular weight is 838 g/mol. The molecule has 7 N–H and O–H groups in total. The maximum atomic E-state index is 14.4. The first-order valence-corrected chi connectivity index (χ1v) is 14.2. The Bertz CT molecular complexity index is 1980. The van der Waals surface area contributed by atoms with Crippen molar-refractivity contribution in [1.29, 1.82) is 0 Å². The zero-order valence-corrected chi connectivity index (χ0v) is 33.2. The number of benzene rings is 4. The van der Waals surface area contributed by atoms with E-state index in [0.717, 1.165) is 0 Å². The van der Waals surface area contributed by atoms with E-state index < -0.39 is 40.9 Å². The molecule has 1 unspecified atom stereocenters. The van der Waals surface area contributed by atoms with Crippen molar-refractivity contribution in [3.05, 3.63) is 146 Å². The third-order valence-corrected chi connectivity index (χ3v) is 7.24. The van der Waals surface area contributed by atoms with Crippen LogP contribution in [0.3, 0.4) is 0 Å². The zero-order chi connectivity index (χ0) is 34.4. The quantitative estimate of drug-likeness (QED) is 0.0692. The number of hydrazine groups is 1. The second-order valence-corrected chi connectivity index (χ2v) is 10.5. The summed E-state index contributed by atoms with van der Waals surface area (Å²) in [5.74, 6) is 4.21. The summed E-state index contributed by atoms with van der Waals surface area (Å²) in [5, 5.41) is 6.22. The SMILES string of the molecule is Cc1cc(F)c(-c2c(-c3cc[c-]cc3)c(C)n[nH]c2=O)c(F)c1.Cc1cc(F)c(C2=C(c3cc[c-]cc3)C(C)OC2=O)c(F)c1.NN.O.[Y].[Y]. The van der Waals surface area contributed by atoms with Crippen LogP contribution in [0.5, 0.6) is 0 Å². The average Bonchev–Trinajstić information content (AvgIpc) is 3.32. The van der Waals surface area contributed by atoms with Gasteiger partial charge in [-0.15, -0.1) is 11.1 Å². The molecule has 0 aliphatic carbocycles. The molecule has 0 saturated heterocycles. The van der Waals surface area contributed by atoms with Gasteiger partial charge in [0.1, 0.15) is 29.4 Å². The first-order chi connectivity index (χ1) is 22.5. The van der Waals surface area contributed by atoms with Crippen molar-refractivity contribution in [1.82, 2.24) is 10.2 Å². The van der Waals surface area contributed by atoms with Crippen LogP contribution < -0.4 is 17.2 Å². The predicted molar refractivity (Wildman–Crippen MR) is 175 cm³/mol. The van der Waals surface area contributed by atoms with Crippen molar-refractivity contribution in [2.75, 3.05) is 0 Å². The molecule has 5 aromatic rings. The maximum Gasteiger partial charge on any atom is 0.339 e. The van der Waals surface area contributed by atoms with Gasteiger partial charge < -0.3 is 10.2 Å². The Kier molecular flexibility index (Phi) is 17.9. The minimum Gasteiger partial charge on any atom is -0.454 e. The van der Waals surface area contributed by atoms with E-state index in [0.29, 0.717) is 39.1 Å². The number of nitrogens with one attached hydrogen (secondary N) is 1. The van der Waals surface area contributed by atoms with Crippen molar-refractivity contribution in [2.24, 2.45) is 11.7 Å². The summed E-state index contributed by atoms with van der Waals surface area (Å²) in [4.78, 5) is 24.4. The van der Waals surface area contributed by atoms with Crippen molar-refractivity contribution in [2.45, 2.75) is 33.8 Å². The van der Waals surface area contributed by atoms with Crippen LogP contribution in [0.4, 0.5) is 17.6 Å². The molecule has 256 valence electrons. The van der Waals surface area contributed by atoms with E-state index in [1.54, 1.807) is 76.2 Å². The molecule has 1 aliphatic heterocycles. The summed E-state index contributed by atoms with van der Waals surface area (Å²) >= 11 is 0. The summed E-state index contributed by atoms with van der Waals surface area (Å²) in [5.41, 5.74) is 2.19. The smallest absolute Gasteiger partial charge is 0.339 e. The van der Waals surface area contributed by atoms with Crippen molar-refractivity contribution in [3.8, 4) is 22.3 Å². The molecule has 50 heavy (non-hydrogen) atoms. The van der Waals surface area contributed by atoms with Gasteiger partial charge in [-0.05, 0) is 74.2 Å². The molecule has 1 aliphatic rings. The molecule has 6 rings (SSSR count). The largest absolute Gasteiger partial charge is 0.454 e. The first kappa shape index (κ1) is 44.8. The zero-order valence-electron chi connectivity index (χ0n) is 27.5. The van der Waals surface area contributed by atoms with Gasteiger partial charge in [0.05, 0.1) is 28.0 Å². The monoisotopic (exact) mass is 838 g/mol. The molecule has 1 atom stereocenters. The number of ether oxygens (including phenoxy) is 1. The number of cyclic esters (lactones) is 1. The van der Waals surface area contributed by atoms with Crippen LogP contribution >= 0.6 is 0 Å². The van der Waals surface area contributed by atoms with E-state index in [2.05, 4.69) is 34.0 Å². The molecule has 1 aromatic heterocycles. The van der Waals surface area contributed by atoms with Gasteiger partial charge in [0.2, 0.25) is 0 Å². The third kappa shape index (κ3) is 9.76. The number of carbonyl (C=O) groups excluding carboxylic acids is 1.